The molecule has 0 fully saturated rings. The summed E-state index contributed by atoms with van der Waals surface area (Å²) >= 11 is 0. The minimum Gasteiger partial charge on any atom is -0.393 e. The number of carbonyl (C=O) groups excluding carboxylic acids is 1. The first-order valence-corrected chi connectivity index (χ1v) is 8.65. The van der Waals surface area contributed by atoms with Crippen LogP contribution in [0.4, 0.5) is 0 Å². The molecule has 0 heterocycles. The second kappa shape index (κ2) is 14.8. The lowest BCUT2D eigenvalue weighted by molar-refractivity contribution is -0.121. The lowest BCUT2D eigenvalue weighted by atomic mass is 10.1. The molecule has 0 saturated carbocycles. The van der Waals surface area contributed by atoms with E-state index < -0.39 is 0 Å². The largest absolute Gasteiger partial charge is 0.393 e. The summed E-state index contributed by atoms with van der Waals surface area (Å²) in [6.45, 7) is 4.80. The Kier molecular flexibility index (Phi) is 14.4. The van der Waals surface area contributed by atoms with Crippen molar-refractivity contribution in [2.75, 3.05) is 6.54 Å². The third kappa shape index (κ3) is 13.9. The molecular weight excluding hydrogens is 250 g/mol. The van der Waals surface area contributed by atoms with Crippen LogP contribution in [0.2, 0.25) is 0 Å². The Bertz CT molecular complexity index is 219. The van der Waals surface area contributed by atoms with E-state index in [0.717, 1.165) is 12.8 Å². The van der Waals surface area contributed by atoms with Crippen molar-refractivity contribution in [3.8, 4) is 0 Å². The quantitative estimate of drug-likeness (QED) is 0.470. The van der Waals surface area contributed by atoms with Gasteiger partial charge >= 0.3 is 0 Å². The lowest BCUT2D eigenvalue weighted by Crippen LogP contribution is -2.26. The number of hydrogen-bond donors (Lipinski definition) is 2. The van der Waals surface area contributed by atoms with Gasteiger partial charge in [-0.15, -0.1) is 0 Å². The highest BCUT2D eigenvalue weighted by molar-refractivity contribution is 5.75. The number of amides is 1. The van der Waals surface area contributed by atoms with Crippen LogP contribution in [0.15, 0.2) is 0 Å². The van der Waals surface area contributed by atoms with Gasteiger partial charge in [-0.05, 0) is 19.3 Å². The Morgan fingerprint density at radius 2 is 1.50 bits per heavy atom. The zero-order valence-corrected chi connectivity index (χ0v) is 13.6. The van der Waals surface area contributed by atoms with Gasteiger partial charge in [-0.1, -0.05) is 65.2 Å². The fourth-order valence-corrected chi connectivity index (χ4v) is 2.27. The van der Waals surface area contributed by atoms with E-state index >= 15 is 0 Å². The van der Waals surface area contributed by atoms with Crippen LogP contribution in [-0.4, -0.2) is 23.7 Å². The first-order chi connectivity index (χ1) is 9.70. The molecule has 3 nitrogen and oxygen atoms in total. The van der Waals surface area contributed by atoms with E-state index in [-0.39, 0.29) is 12.0 Å². The summed E-state index contributed by atoms with van der Waals surface area (Å²) in [5.41, 5.74) is 0. The zero-order chi connectivity index (χ0) is 15.1. The minimum atomic E-state index is -0.275. The number of rotatable bonds is 14. The maximum atomic E-state index is 11.5. The summed E-state index contributed by atoms with van der Waals surface area (Å²) in [6, 6.07) is 0. The molecule has 0 rings (SSSR count). The smallest absolute Gasteiger partial charge is 0.219 e. The SMILES string of the molecule is CCCCCCCCCCCC(=O)NCCC(O)CC. The Balaban J connectivity index is 3.19. The number of aliphatic hydroxyl groups excluding tert-OH is 1. The van der Waals surface area contributed by atoms with Crippen LogP contribution in [0.1, 0.15) is 90.9 Å². The Morgan fingerprint density at radius 3 is 2.05 bits per heavy atom. The van der Waals surface area contributed by atoms with Gasteiger partial charge in [0.05, 0.1) is 6.10 Å². The standard InChI is InChI=1S/C17H35NO2/c1-3-5-6-7-8-9-10-11-12-13-17(20)18-15-14-16(19)4-2/h16,19H,3-15H2,1-2H3,(H,18,20). The van der Waals surface area contributed by atoms with E-state index in [2.05, 4.69) is 12.2 Å². The average Bonchev–Trinajstić information content (AvgIpc) is 2.45. The topological polar surface area (TPSA) is 49.3 Å². The van der Waals surface area contributed by atoms with Crippen LogP contribution in [0, 0.1) is 0 Å². The van der Waals surface area contributed by atoms with E-state index in [0.29, 0.717) is 19.4 Å². The molecule has 20 heavy (non-hydrogen) atoms. The summed E-state index contributed by atoms with van der Waals surface area (Å²) in [4.78, 5) is 11.5. The predicted octanol–water partition coefficient (Wildman–Crippen LogP) is 4.18. The summed E-state index contributed by atoms with van der Waals surface area (Å²) in [7, 11) is 0. The van der Waals surface area contributed by atoms with Gasteiger partial charge in [0.1, 0.15) is 0 Å². The lowest BCUT2D eigenvalue weighted by Gasteiger charge is -2.08. The average molecular weight is 285 g/mol. The van der Waals surface area contributed by atoms with E-state index in [1.165, 1.54) is 51.4 Å². The molecule has 0 bridgehead atoms. The third-order valence-electron chi connectivity index (χ3n) is 3.78. The molecule has 0 saturated heterocycles. The molecule has 0 aromatic rings. The number of aliphatic hydroxyl groups is 1. The molecular formula is C17H35NO2. The first-order valence-electron chi connectivity index (χ1n) is 8.65. The minimum absolute atomic E-state index is 0.135. The van der Waals surface area contributed by atoms with Gasteiger partial charge in [0.2, 0.25) is 5.91 Å². The second-order valence-corrected chi connectivity index (χ2v) is 5.78. The van der Waals surface area contributed by atoms with Crippen LogP contribution in [0.25, 0.3) is 0 Å². The van der Waals surface area contributed by atoms with Crippen molar-refractivity contribution in [1.29, 1.82) is 0 Å². The van der Waals surface area contributed by atoms with Gasteiger partial charge in [0.25, 0.3) is 0 Å². The highest BCUT2D eigenvalue weighted by atomic mass is 16.3. The van der Waals surface area contributed by atoms with E-state index in [4.69, 9.17) is 0 Å². The van der Waals surface area contributed by atoms with Crippen LogP contribution >= 0.6 is 0 Å². The molecule has 0 aliphatic heterocycles. The highest BCUT2D eigenvalue weighted by Gasteiger charge is 2.03. The molecule has 2 N–H and O–H groups in total. The number of unbranched alkanes of at least 4 members (excludes halogenated alkanes) is 8. The monoisotopic (exact) mass is 285 g/mol. The molecule has 0 aliphatic carbocycles. The summed E-state index contributed by atoms with van der Waals surface area (Å²) < 4.78 is 0. The molecule has 0 radical (unpaired) electrons. The van der Waals surface area contributed by atoms with E-state index in [1.54, 1.807) is 0 Å². The van der Waals surface area contributed by atoms with Crippen molar-refractivity contribution in [3.05, 3.63) is 0 Å². The second-order valence-electron chi connectivity index (χ2n) is 5.78. The summed E-state index contributed by atoms with van der Waals surface area (Å²) in [5, 5.41) is 12.2. The zero-order valence-electron chi connectivity index (χ0n) is 13.6. The Morgan fingerprint density at radius 1 is 0.950 bits per heavy atom. The van der Waals surface area contributed by atoms with Crippen LogP contribution in [0.3, 0.4) is 0 Å². The van der Waals surface area contributed by atoms with Crippen molar-refractivity contribution in [2.45, 2.75) is 97.0 Å². The number of hydrogen-bond acceptors (Lipinski definition) is 2. The van der Waals surface area contributed by atoms with Gasteiger partial charge in [0.15, 0.2) is 0 Å². The van der Waals surface area contributed by atoms with Gasteiger partial charge in [0, 0.05) is 13.0 Å². The van der Waals surface area contributed by atoms with Gasteiger partial charge in [-0.2, -0.15) is 0 Å². The fraction of sp³-hybridized carbons (Fsp3) is 0.941. The maximum Gasteiger partial charge on any atom is 0.219 e. The number of nitrogens with one attached hydrogen (secondary N) is 1. The molecule has 0 aromatic heterocycles. The number of carbonyl (C=O) groups is 1. The van der Waals surface area contributed by atoms with Gasteiger partial charge in [-0.3, -0.25) is 4.79 Å². The molecule has 1 atom stereocenters. The predicted molar refractivity (Wildman–Crippen MR) is 85.8 cm³/mol. The van der Waals surface area contributed by atoms with E-state index in [1.807, 2.05) is 6.92 Å². The Labute approximate surface area is 125 Å². The first kappa shape index (κ1) is 19.4. The molecule has 3 heteroatoms. The van der Waals surface area contributed by atoms with Gasteiger partial charge < -0.3 is 10.4 Å². The maximum absolute atomic E-state index is 11.5. The molecule has 120 valence electrons. The van der Waals surface area contributed by atoms with Crippen molar-refractivity contribution in [2.24, 2.45) is 0 Å². The van der Waals surface area contributed by atoms with Crippen molar-refractivity contribution >= 4 is 5.91 Å². The van der Waals surface area contributed by atoms with Crippen molar-refractivity contribution in [1.82, 2.24) is 5.32 Å². The fourth-order valence-electron chi connectivity index (χ4n) is 2.27. The van der Waals surface area contributed by atoms with Crippen LogP contribution in [0.5, 0.6) is 0 Å². The molecule has 0 aromatic carbocycles. The summed E-state index contributed by atoms with van der Waals surface area (Å²) in [5.74, 6) is 0.135. The molecule has 1 amide bonds. The summed E-state index contributed by atoms with van der Waals surface area (Å²) in [6.07, 6.45) is 13.3. The third-order valence-corrected chi connectivity index (χ3v) is 3.78. The molecule has 1 unspecified atom stereocenters. The van der Waals surface area contributed by atoms with Crippen molar-refractivity contribution < 1.29 is 9.90 Å². The molecule has 0 aliphatic rings. The van der Waals surface area contributed by atoms with E-state index in [9.17, 15) is 9.90 Å². The van der Waals surface area contributed by atoms with Crippen LogP contribution < -0.4 is 5.32 Å². The van der Waals surface area contributed by atoms with Crippen molar-refractivity contribution in [3.63, 3.8) is 0 Å². The van der Waals surface area contributed by atoms with Crippen LogP contribution in [-0.2, 0) is 4.79 Å². The Hall–Kier alpha value is -0.570. The normalized spacial score (nSPS) is 12.3. The van der Waals surface area contributed by atoms with Gasteiger partial charge in [-0.25, -0.2) is 0 Å². The molecule has 0 spiro atoms. The highest BCUT2D eigenvalue weighted by Crippen LogP contribution is 2.10.